The summed E-state index contributed by atoms with van der Waals surface area (Å²) in [7, 11) is 7.75. The molecule has 2 atom stereocenters. The molecular weight excluding hydrogens is 344 g/mol. The molecule has 0 saturated heterocycles. The van der Waals surface area contributed by atoms with E-state index in [0.29, 0.717) is 11.6 Å². The standard InChI is InChI=1S/C17H25BrN2O2/c1-19(2)14-7-5-6-8-15(14)20(3)17(21)12-9-10-16(22-4)13(18)11-12/h9-11,14-15H,5-8H2,1-4H3/t14-,15-/m1/s1. The van der Waals surface area contributed by atoms with Crippen molar-refractivity contribution in [1.82, 2.24) is 9.80 Å². The van der Waals surface area contributed by atoms with E-state index in [2.05, 4.69) is 34.9 Å². The van der Waals surface area contributed by atoms with Crippen molar-refractivity contribution in [2.45, 2.75) is 37.8 Å². The van der Waals surface area contributed by atoms with Crippen molar-refractivity contribution in [3.05, 3.63) is 28.2 Å². The quantitative estimate of drug-likeness (QED) is 0.816. The maximum atomic E-state index is 12.8. The molecule has 0 radical (unpaired) electrons. The van der Waals surface area contributed by atoms with Gasteiger partial charge in [-0.2, -0.15) is 0 Å². The van der Waals surface area contributed by atoms with Crippen LogP contribution in [0.1, 0.15) is 36.0 Å². The lowest BCUT2D eigenvalue weighted by Crippen LogP contribution is -2.51. The molecule has 1 aliphatic carbocycles. The van der Waals surface area contributed by atoms with Crippen LogP contribution in [0.2, 0.25) is 0 Å². The average molecular weight is 369 g/mol. The second-order valence-corrected chi connectivity index (χ2v) is 7.00. The third-order valence-corrected chi connectivity index (χ3v) is 5.19. The van der Waals surface area contributed by atoms with Crippen LogP contribution < -0.4 is 4.74 Å². The number of carbonyl (C=O) groups is 1. The lowest BCUT2D eigenvalue weighted by atomic mass is 9.88. The van der Waals surface area contributed by atoms with Crippen molar-refractivity contribution in [2.24, 2.45) is 0 Å². The van der Waals surface area contributed by atoms with Gasteiger partial charge in [0.05, 0.1) is 11.6 Å². The number of carbonyl (C=O) groups excluding carboxylic acids is 1. The number of amides is 1. The van der Waals surface area contributed by atoms with Gasteiger partial charge in [-0.25, -0.2) is 0 Å². The van der Waals surface area contributed by atoms with Gasteiger partial charge in [-0.05, 0) is 61.1 Å². The monoisotopic (exact) mass is 368 g/mol. The second-order valence-electron chi connectivity index (χ2n) is 6.15. The molecule has 2 rings (SSSR count). The Kier molecular flexibility index (Phi) is 5.87. The minimum atomic E-state index is 0.0714. The highest BCUT2D eigenvalue weighted by Gasteiger charge is 2.32. The smallest absolute Gasteiger partial charge is 0.253 e. The van der Waals surface area contributed by atoms with Crippen LogP contribution in [-0.2, 0) is 0 Å². The average Bonchev–Trinajstić information content (AvgIpc) is 2.53. The van der Waals surface area contributed by atoms with E-state index in [4.69, 9.17) is 4.74 Å². The Labute approximate surface area is 141 Å². The molecule has 1 aromatic carbocycles. The Hall–Kier alpha value is -1.07. The molecule has 1 amide bonds. The number of hydrogen-bond acceptors (Lipinski definition) is 3. The van der Waals surface area contributed by atoms with Crippen molar-refractivity contribution in [2.75, 3.05) is 28.3 Å². The third-order valence-electron chi connectivity index (χ3n) is 4.57. The molecule has 1 aromatic rings. The summed E-state index contributed by atoms with van der Waals surface area (Å²) in [5, 5.41) is 0. The van der Waals surface area contributed by atoms with Crippen molar-refractivity contribution in [1.29, 1.82) is 0 Å². The molecule has 0 spiro atoms. The summed E-state index contributed by atoms with van der Waals surface area (Å²) in [5.41, 5.74) is 0.693. The number of methoxy groups -OCH3 is 1. The van der Waals surface area contributed by atoms with E-state index in [1.165, 1.54) is 12.8 Å². The zero-order valence-electron chi connectivity index (χ0n) is 13.8. The molecule has 122 valence electrons. The molecule has 1 aliphatic rings. The van der Waals surface area contributed by atoms with Gasteiger partial charge < -0.3 is 14.5 Å². The summed E-state index contributed by atoms with van der Waals surface area (Å²) in [6.45, 7) is 0. The van der Waals surface area contributed by atoms with Crippen LogP contribution >= 0.6 is 15.9 Å². The molecule has 4 nitrogen and oxygen atoms in total. The zero-order chi connectivity index (χ0) is 16.3. The predicted octanol–water partition coefficient (Wildman–Crippen LogP) is 3.40. The maximum absolute atomic E-state index is 12.8. The van der Waals surface area contributed by atoms with Gasteiger partial charge in [-0.1, -0.05) is 12.8 Å². The van der Waals surface area contributed by atoms with Gasteiger partial charge in [0.1, 0.15) is 5.75 Å². The van der Waals surface area contributed by atoms with Crippen LogP contribution in [0.5, 0.6) is 5.75 Å². The van der Waals surface area contributed by atoms with Crippen molar-refractivity contribution in [3.63, 3.8) is 0 Å². The molecule has 0 bridgehead atoms. The van der Waals surface area contributed by atoms with Crippen LogP contribution in [0.25, 0.3) is 0 Å². The summed E-state index contributed by atoms with van der Waals surface area (Å²) in [5.74, 6) is 0.810. The van der Waals surface area contributed by atoms with Crippen molar-refractivity contribution in [3.8, 4) is 5.75 Å². The van der Waals surface area contributed by atoms with E-state index in [9.17, 15) is 4.79 Å². The first kappa shape index (κ1) is 17.3. The molecule has 0 unspecified atom stereocenters. The van der Waals surface area contributed by atoms with Crippen molar-refractivity contribution >= 4 is 21.8 Å². The highest BCUT2D eigenvalue weighted by molar-refractivity contribution is 9.10. The largest absolute Gasteiger partial charge is 0.496 e. The Balaban J connectivity index is 2.18. The first-order chi connectivity index (χ1) is 10.5. The van der Waals surface area contributed by atoms with E-state index in [1.54, 1.807) is 7.11 Å². The summed E-state index contributed by atoms with van der Waals surface area (Å²) >= 11 is 3.45. The lowest BCUT2D eigenvalue weighted by molar-refractivity contribution is 0.0544. The normalized spacial score (nSPS) is 21.7. The molecule has 0 aliphatic heterocycles. The van der Waals surface area contributed by atoms with E-state index >= 15 is 0 Å². The Morgan fingerprint density at radius 3 is 2.36 bits per heavy atom. The molecule has 0 aromatic heterocycles. The summed E-state index contributed by atoms with van der Waals surface area (Å²) in [4.78, 5) is 17.0. The van der Waals surface area contributed by atoms with Crippen LogP contribution in [-0.4, -0.2) is 56.0 Å². The number of nitrogens with zero attached hydrogens (tertiary/aromatic N) is 2. The minimum Gasteiger partial charge on any atom is -0.496 e. The van der Waals surface area contributed by atoms with E-state index in [1.807, 2.05) is 30.1 Å². The zero-order valence-corrected chi connectivity index (χ0v) is 15.4. The van der Waals surface area contributed by atoms with Crippen LogP contribution in [0, 0.1) is 0 Å². The topological polar surface area (TPSA) is 32.8 Å². The Morgan fingerprint density at radius 1 is 1.18 bits per heavy atom. The number of ether oxygens (including phenoxy) is 1. The lowest BCUT2D eigenvalue weighted by Gasteiger charge is -2.41. The molecule has 0 N–H and O–H groups in total. The SMILES string of the molecule is COc1ccc(C(=O)N(C)[C@@H]2CCCC[C@H]2N(C)C)cc1Br. The molecule has 1 fully saturated rings. The highest BCUT2D eigenvalue weighted by atomic mass is 79.9. The molecule has 22 heavy (non-hydrogen) atoms. The van der Waals surface area contributed by atoms with Gasteiger partial charge in [-0.3, -0.25) is 4.79 Å². The first-order valence-corrected chi connectivity index (χ1v) is 8.52. The predicted molar refractivity (Wildman–Crippen MR) is 92.5 cm³/mol. The van der Waals surface area contributed by atoms with Crippen LogP contribution in [0.15, 0.2) is 22.7 Å². The van der Waals surface area contributed by atoms with E-state index in [0.717, 1.165) is 23.1 Å². The summed E-state index contributed by atoms with van der Waals surface area (Å²) in [6, 6.07) is 6.21. The summed E-state index contributed by atoms with van der Waals surface area (Å²) < 4.78 is 6.03. The fraction of sp³-hybridized carbons (Fsp3) is 0.588. The van der Waals surface area contributed by atoms with Gasteiger partial charge in [0.2, 0.25) is 0 Å². The number of rotatable bonds is 4. The molecular formula is C17H25BrN2O2. The minimum absolute atomic E-state index is 0.0714. The Bertz CT molecular complexity index is 533. The number of likely N-dealkylation sites (N-methyl/N-ethyl adjacent to an activating group) is 2. The number of hydrogen-bond donors (Lipinski definition) is 0. The number of benzene rings is 1. The highest BCUT2D eigenvalue weighted by Crippen LogP contribution is 2.29. The number of halogens is 1. The van der Waals surface area contributed by atoms with Gasteiger partial charge >= 0.3 is 0 Å². The molecule has 1 saturated carbocycles. The van der Waals surface area contributed by atoms with Crippen molar-refractivity contribution < 1.29 is 9.53 Å². The molecule has 0 heterocycles. The van der Waals surface area contributed by atoms with E-state index in [-0.39, 0.29) is 11.9 Å². The van der Waals surface area contributed by atoms with Crippen LogP contribution in [0.4, 0.5) is 0 Å². The summed E-state index contributed by atoms with van der Waals surface area (Å²) in [6.07, 6.45) is 4.67. The maximum Gasteiger partial charge on any atom is 0.253 e. The van der Waals surface area contributed by atoms with Gasteiger partial charge in [0.15, 0.2) is 0 Å². The van der Waals surface area contributed by atoms with Gasteiger partial charge in [-0.15, -0.1) is 0 Å². The first-order valence-electron chi connectivity index (χ1n) is 7.72. The molecule has 5 heteroatoms. The van der Waals surface area contributed by atoms with E-state index < -0.39 is 0 Å². The Morgan fingerprint density at radius 2 is 1.82 bits per heavy atom. The second kappa shape index (κ2) is 7.47. The van der Waals surface area contributed by atoms with Crippen LogP contribution in [0.3, 0.4) is 0 Å². The van der Waals surface area contributed by atoms with Gasteiger partial charge in [0, 0.05) is 24.7 Å². The third kappa shape index (κ3) is 3.63. The fourth-order valence-corrected chi connectivity index (χ4v) is 3.84. The van der Waals surface area contributed by atoms with Gasteiger partial charge in [0.25, 0.3) is 5.91 Å². The fourth-order valence-electron chi connectivity index (χ4n) is 3.30.